The Hall–Kier alpha value is -2.17. The molecule has 0 saturated heterocycles. The predicted octanol–water partition coefficient (Wildman–Crippen LogP) is -1.54. The van der Waals surface area contributed by atoms with E-state index in [-0.39, 0.29) is 10.9 Å². The van der Waals surface area contributed by atoms with Gasteiger partial charge < -0.3 is 10.1 Å². The Morgan fingerprint density at radius 3 is 2.75 bits per heavy atom. The molecule has 10 nitrogen and oxygen atoms in total. The zero-order valence-electron chi connectivity index (χ0n) is 7.78. The number of aromatic amines is 1. The highest BCUT2D eigenvalue weighted by Crippen LogP contribution is 2.00. The second kappa shape index (κ2) is 3.44. The molecule has 2 heterocycles. The largest absolute Gasteiger partial charge is 0.458 e. The highest BCUT2D eigenvalue weighted by molar-refractivity contribution is 7.84. The summed E-state index contributed by atoms with van der Waals surface area (Å²) in [6, 6.07) is 0. The summed E-state index contributed by atoms with van der Waals surface area (Å²) in [6.07, 6.45) is 1.34. The molecule has 1 atom stereocenters. The number of fused-ring (bicyclic) bond motifs is 1. The van der Waals surface area contributed by atoms with E-state index in [1.807, 2.05) is 0 Å². The standard InChI is InChI=1S/C5H4N6O4S/c1-16(15)5-6-4-8-7-2(11(13)14)3(12)10(4)9-5/h1H3,(H,6,8,9). The van der Waals surface area contributed by atoms with Crippen molar-refractivity contribution in [2.75, 3.05) is 6.26 Å². The van der Waals surface area contributed by atoms with Gasteiger partial charge >= 0.3 is 11.4 Å². The number of nitrogens with one attached hydrogen (secondary N) is 1. The number of nitrogens with zero attached hydrogens (tertiary/aromatic N) is 5. The summed E-state index contributed by atoms with van der Waals surface area (Å²) in [7, 11) is -1.45. The first-order valence-electron chi connectivity index (χ1n) is 3.84. The molecule has 1 unspecified atom stereocenters. The molecule has 0 amide bonds. The van der Waals surface area contributed by atoms with Gasteiger partial charge in [0.1, 0.15) is 0 Å². The molecule has 84 valence electrons. The van der Waals surface area contributed by atoms with Crippen LogP contribution >= 0.6 is 0 Å². The summed E-state index contributed by atoms with van der Waals surface area (Å²) in [4.78, 5) is 24.6. The number of hydrogen-bond acceptors (Lipinski definition) is 7. The van der Waals surface area contributed by atoms with Gasteiger partial charge in [-0.1, -0.05) is 0 Å². The fourth-order valence-electron chi connectivity index (χ4n) is 0.998. The molecule has 0 spiro atoms. The van der Waals surface area contributed by atoms with Crippen molar-refractivity contribution in [3.05, 3.63) is 20.5 Å². The van der Waals surface area contributed by atoms with E-state index in [1.165, 1.54) is 6.26 Å². The first-order chi connectivity index (χ1) is 7.50. The van der Waals surface area contributed by atoms with Gasteiger partial charge in [0.25, 0.3) is 5.78 Å². The van der Waals surface area contributed by atoms with E-state index >= 15 is 0 Å². The summed E-state index contributed by atoms with van der Waals surface area (Å²) < 4.78 is 11.8. The van der Waals surface area contributed by atoms with E-state index in [2.05, 4.69) is 20.3 Å². The number of nitro groups is 1. The van der Waals surface area contributed by atoms with Gasteiger partial charge in [-0.25, -0.2) is 0 Å². The van der Waals surface area contributed by atoms with Crippen molar-refractivity contribution in [3.63, 3.8) is 0 Å². The second-order valence-electron chi connectivity index (χ2n) is 2.70. The molecule has 11 heteroatoms. The van der Waals surface area contributed by atoms with Gasteiger partial charge in [0.05, 0.1) is 15.9 Å². The van der Waals surface area contributed by atoms with Crippen molar-refractivity contribution in [1.82, 2.24) is 24.8 Å². The zero-order chi connectivity index (χ0) is 11.9. The molecule has 0 aliphatic heterocycles. The van der Waals surface area contributed by atoms with Crippen LogP contribution in [0.25, 0.3) is 5.78 Å². The minimum atomic E-state index is -1.45. The van der Waals surface area contributed by atoms with E-state index < -0.39 is 27.1 Å². The Kier molecular flexibility index (Phi) is 2.23. The Balaban J connectivity index is 2.80. The van der Waals surface area contributed by atoms with Crippen molar-refractivity contribution >= 4 is 22.4 Å². The summed E-state index contributed by atoms with van der Waals surface area (Å²) in [6.45, 7) is 0. The first-order valence-corrected chi connectivity index (χ1v) is 5.40. The second-order valence-corrected chi connectivity index (χ2v) is 4.00. The van der Waals surface area contributed by atoms with E-state index in [9.17, 15) is 19.1 Å². The summed E-state index contributed by atoms with van der Waals surface area (Å²) in [5.74, 6) is -1.09. The van der Waals surface area contributed by atoms with Crippen LogP contribution in [0.15, 0.2) is 9.95 Å². The topological polar surface area (TPSA) is 136 Å². The molecule has 0 radical (unpaired) electrons. The molecular formula is C5H4N6O4S. The maximum Gasteiger partial charge on any atom is 0.458 e. The summed E-state index contributed by atoms with van der Waals surface area (Å²) >= 11 is 0. The minimum Gasteiger partial charge on any atom is -0.358 e. The molecule has 0 aromatic carbocycles. The molecule has 16 heavy (non-hydrogen) atoms. The first kappa shape index (κ1) is 10.4. The SMILES string of the molecule is CS(=O)c1nc2nnc([N+](=O)[O-])c(=O)n2[nH]1. The quantitative estimate of drug-likeness (QED) is 0.499. The van der Waals surface area contributed by atoms with Crippen molar-refractivity contribution in [3.8, 4) is 0 Å². The van der Waals surface area contributed by atoms with Gasteiger partial charge in [-0.05, 0) is 4.92 Å². The van der Waals surface area contributed by atoms with Crippen LogP contribution in [0.4, 0.5) is 5.82 Å². The molecule has 2 rings (SSSR count). The average Bonchev–Trinajstić information content (AvgIpc) is 2.62. The molecule has 0 saturated carbocycles. The van der Waals surface area contributed by atoms with Crippen LogP contribution in [-0.4, -0.2) is 40.2 Å². The highest BCUT2D eigenvalue weighted by Gasteiger charge is 2.20. The summed E-state index contributed by atoms with van der Waals surface area (Å²) in [5.41, 5.74) is -1.00. The lowest BCUT2D eigenvalue weighted by molar-refractivity contribution is -0.391. The zero-order valence-corrected chi connectivity index (χ0v) is 8.59. The molecule has 0 aliphatic rings. The molecule has 0 bridgehead atoms. The van der Waals surface area contributed by atoms with E-state index in [0.29, 0.717) is 0 Å². The third kappa shape index (κ3) is 1.46. The van der Waals surface area contributed by atoms with Gasteiger partial charge in [0, 0.05) is 11.4 Å². The van der Waals surface area contributed by atoms with Gasteiger partial charge in [-0.2, -0.15) is 9.50 Å². The van der Waals surface area contributed by atoms with Crippen LogP contribution in [0.1, 0.15) is 0 Å². The van der Waals surface area contributed by atoms with Crippen molar-refractivity contribution in [2.24, 2.45) is 0 Å². The normalized spacial score (nSPS) is 12.8. The van der Waals surface area contributed by atoms with E-state index in [1.54, 1.807) is 0 Å². The fraction of sp³-hybridized carbons (Fsp3) is 0.200. The smallest absolute Gasteiger partial charge is 0.358 e. The van der Waals surface area contributed by atoms with Crippen LogP contribution in [0.5, 0.6) is 0 Å². The van der Waals surface area contributed by atoms with Gasteiger partial charge in [-0.3, -0.25) is 14.1 Å². The maximum atomic E-state index is 11.5. The summed E-state index contributed by atoms with van der Waals surface area (Å²) in [5, 5.41) is 19.2. The fourth-order valence-corrected chi connectivity index (χ4v) is 1.43. The van der Waals surface area contributed by atoms with Crippen LogP contribution < -0.4 is 5.56 Å². The average molecular weight is 244 g/mol. The molecule has 2 aromatic heterocycles. The minimum absolute atomic E-state index is 0.00750. The van der Waals surface area contributed by atoms with Crippen LogP contribution in [0, 0.1) is 10.1 Å². The lowest BCUT2D eigenvalue weighted by Gasteiger charge is -1.89. The Morgan fingerprint density at radius 2 is 2.19 bits per heavy atom. The molecule has 0 aliphatic carbocycles. The lowest BCUT2D eigenvalue weighted by Crippen LogP contribution is -2.20. The van der Waals surface area contributed by atoms with Gasteiger partial charge in [0.15, 0.2) is 0 Å². The van der Waals surface area contributed by atoms with Crippen LogP contribution in [-0.2, 0) is 10.8 Å². The highest BCUT2D eigenvalue weighted by atomic mass is 32.2. The van der Waals surface area contributed by atoms with Crippen LogP contribution in [0.2, 0.25) is 0 Å². The number of hydrogen-bond donors (Lipinski definition) is 1. The monoisotopic (exact) mass is 244 g/mol. The molecule has 0 fully saturated rings. The maximum absolute atomic E-state index is 11.5. The van der Waals surface area contributed by atoms with Gasteiger partial charge in [-0.15, -0.1) is 0 Å². The van der Waals surface area contributed by atoms with Crippen molar-refractivity contribution in [2.45, 2.75) is 5.16 Å². The van der Waals surface area contributed by atoms with Gasteiger partial charge in [0.2, 0.25) is 5.16 Å². The van der Waals surface area contributed by atoms with E-state index in [0.717, 1.165) is 4.52 Å². The van der Waals surface area contributed by atoms with Crippen LogP contribution in [0.3, 0.4) is 0 Å². The van der Waals surface area contributed by atoms with Crippen molar-refractivity contribution in [1.29, 1.82) is 0 Å². The number of rotatable bonds is 2. The Morgan fingerprint density at radius 1 is 1.50 bits per heavy atom. The Bertz CT molecular complexity index is 658. The van der Waals surface area contributed by atoms with Crippen molar-refractivity contribution < 1.29 is 9.13 Å². The number of aromatic nitrogens is 5. The molecule has 2 aromatic rings. The predicted molar refractivity (Wildman–Crippen MR) is 50.4 cm³/mol. The third-order valence-electron chi connectivity index (χ3n) is 1.68. The van der Waals surface area contributed by atoms with E-state index in [4.69, 9.17) is 0 Å². The third-order valence-corrected chi connectivity index (χ3v) is 2.41. The molecule has 1 N–H and O–H groups in total. The number of H-pyrrole nitrogens is 1. The lowest BCUT2D eigenvalue weighted by atomic mass is 10.7. The molecular weight excluding hydrogens is 240 g/mol. The Labute approximate surface area is 88.9 Å².